The number of nitrogens with zero attached hydrogens (tertiary/aromatic N) is 2. The maximum Gasteiger partial charge on any atom is 1.00 e. The van der Waals surface area contributed by atoms with Crippen molar-refractivity contribution in [1.82, 2.24) is 9.97 Å². The van der Waals surface area contributed by atoms with Gasteiger partial charge in [0.15, 0.2) is 0 Å². The number of benzene rings is 2. The predicted octanol–water partition coefficient (Wildman–Crippen LogP) is 4.77. The second-order valence-electron chi connectivity index (χ2n) is 9.73. The van der Waals surface area contributed by atoms with Gasteiger partial charge in [0.25, 0.3) is 11.8 Å². The zero-order chi connectivity index (χ0) is 32.4. The number of anilines is 2. The van der Waals surface area contributed by atoms with Crippen LogP contribution in [-0.2, 0) is 4.74 Å². The zero-order valence-electron chi connectivity index (χ0n) is 26.1. The number of nitrogens with one attached hydrogen (secondary N) is 2. The van der Waals surface area contributed by atoms with Crippen molar-refractivity contribution in [3.63, 3.8) is 0 Å². The van der Waals surface area contributed by atoms with Crippen molar-refractivity contribution in [1.29, 1.82) is 0 Å². The summed E-state index contributed by atoms with van der Waals surface area (Å²) in [6.45, 7) is 7.36. The first-order valence-corrected chi connectivity index (χ1v) is 16.6. The summed E-state index contributed by atoms with van der Waals surface area (Å²) in [7, 11) is 1.36. The Morgan fingerprint density at radius 1 is 0.681 bits per heavy atom. The molecule has 0 fully saturated rings. The van der Waals surface area contributed by atoms with E-state index in [1.54, 1.807) is 31.2 Å². The third-order valence-corrected chi connectivity index (χ3v) is 10.7. The minimum atomic E-state index is -0.942. The molecule has 0 saturated carbocycles. The summed E-state index contributed by atoms with van der Waals surface area (Å²) < 4.78 is 6.57. The first-order chi connectivity index (χ1) is 21.4. The third-order valence-electron chi connectivity index (χ3n) is 6.37. The van der Waals surface area contributed by atoms with Gasteiger partial charge in [-0.15, -0.1) is 45.3 Å². The number of ether oxygens (including phenoxy) is 1. The molecule has 4 heterocycles. The van der Waals surface area contributed by atoms with Gasteiger partial charge in [0.05, 0.1) is 28.5 Å². The normalized spacial score (nSPS) is 10.3. The average molecular weight is 719 g/mol. The Morgan fingerprint density at radius 3 is 1.49 bits per heavy atom. The number of fused-ring (bicyclic) bond motifs is 2. The van der Waals surface area contributed by atoms with Gasteiger partial charge in [0, 0.05) is 20.8 Å². The summed E-state index contributed by atoms with van der Waals surface area (Å²) in [5.74, 6) is -1.66. The Hall–Kier alpha value is -3.54. The van der Waals surface area contributed by atoms with Crippen LogP contribution in [0.1, 0.15) is 60.1 Å². The molecule has 2 amide bonds. The molecule has 238 valence electrons. The maximum atomic E-state index is 12.3. The molecule has 0 atom stereocenters. The third kappa shape index (κ3) is 8.88. The van der Waals surface area contributed by atoms with Crippen LogP contribution in [0, 0.1) is 27.7 Å². The largest absolute Gasteiger partial charge is 1.00 e. The first-order valence-electron chi connectivity index (χ1n) is 13.3. The van der Waals surface area contributed by atoms with Crippen molar-refractivity contribution >= 4 is 101 Å². The van der Waals surface area contributed by atoms with E-state index in [1.165, 1.54) is 52.5 Å². The predicted molar refractivity (Wildman–Crippen MR) is 183 cm³/mol. The minimum Gasteiger partial charge on any atom is -0.870 e. The smallest absolute Gasteiger partial charge is 0.870 e. The van der Waals surface area contributed by atoms with Crippen LogP contribution in [0.2, 0.25) is 0 Å². The van der Waals surface area contributed by atoms with Crippen molar-refractivity contribution in [3.05, 3.63) is 89.4 Å². The van der Waals surface area contributed by atoms with E-state index in [2.05, 4.69) is 20.6 Å². The van der Waals surface area contributed by atoms with Crippen molar-refractivity contribution in [2.75, 3.05) is 17.7 Å². The Kier molecular flexibility index (Phi) is 12.9. The molecule has 0 aliphatic heterocycles. The van der Waals surface area contributed by atoms with Gasteiger partial charge in [-0.05, 0) is 87.0 Å². The summed E-state index contributed by atoms with van der Waals surface area (Å²) in [5, 5.41) is 18.1. The van der Waals surface area contributed by atoms with Gasteiger partial charge in [0.2, 0.25) is 0 Å². The van der Waals surface area contributed by atoms with Crippen LogP contribution in [-0.4, -0.2) is 51.4 Å². The van der Waals surface area contributed by atoms with Gasteiger partial charge >= 0.3 is 41.5 Å². The van der Waals surface area contributed by atoms with E-state index in [1.807, 2.05) is 45.0 Å². The van der Waals surface area contributed by atoms with Crippen LogP contribution < -0.4 is 40.2 Å². The fourth-order valence-corrected chi connectivity index (χ4v) is 7.88. The van der Waals surface area contributed by atoms with Crippen molar-refractivity contribution in [3.8, 4) is 0 Å². The number of carboxylic acids is 1. The number of carbonyl (C=O) groups excluding carboxylic acids is 3. The van der Waals surface area contributed by atoms with E-state index < -0.39 is 5.97 Å². The monoisotopic (exact) mass is 718 g/mol. The Morgan fingerprint density at radius 2 is 1.11 bits per heavy atom. The molecule has 16 heteroatoms. The number of rotatable bonds is 6. The molecule has 0 spiro atoms. The van der Waals surface area contributed by atoms with Crippen LogP contribution >= 0.6 is 45.3 Å². The minimum absolute atomic E-state index is 0. The van der Waals surface area contributed by atoms with Crippen molar-refractivity contribution in [2.45, 2.75) is 27.7 Å². The van der Waals surface area contributed by atoms with E-state index in [9.17, 15) is 19.2 Å². The molecule has 0 bridgehead atoms. The second-order valence-corrected chi connectivity index (χ2v) is 14.3. The van der Waals surface area contributed by atoms with E-state index in [0.29, 0.717) is 31.7 Å². The molecule has 47 heavy (non-hydrogen) atoms. The molecule has 2 aromatic carbocycles. The number of aromatic carboxylic acids is 1. The number of thiophene rings is 2. The molecular weight excluding hydrogens is 692 g/mol. The fraction of sp³-hybridized carbons (Fsp3) is 0.161. The molecule has 6 aromatic rings. The standard InChI is InChI=1S/C16H14N2O3S2.C15H12N2O3S2.Na.H2O/c1-8-14(22-9(2)17-8)15(19)18-11-4-5-12-10(6-11)7-13(23-12)16(20)21-3;1-7-13(21-8(2)16-7)14(18)17-10-3-4-11-9(5-10)6-12(22-11)15(19)20;;/h4-7H,1-3H3,(H,18,19);3-6H,1-2H3,(H,17,18)(H,19,20);;1H2/q;;+1;/p-1. The number of carboxylic acid groups (broad SMARTS) is 1. The summed E-state index contributed by atoms with van der Waals surface area (Å²) in [6.07, 6.45) is 0. The molecule has 4 aromatic heterocycles. The molecule has 0 saturated heterocycles. The fourth-order valence-electron chi connectivity index (χ4n) is 4.41. The van der Waals surface area contributed by atoms with Crippen LogP contribution in [0.4, 0.5) is 11.4 Å². The quantitative estimate of drug-likeness (QED) is 0.162. The van der Waals surface area contributed by atoms with Gasteiger partial charge in [-0.3, -0.25) is 9.59 Å². The summed E-state index contributed by atoms with van der Waals surface area (Å²) >= 11 is 5.31. The topological polar surface area (TPSA) is 178 Å². The summed E-state index contributed by atoms with van der Waals surface area (Å²) in [5.41, 5.74) is 2.76. The molecule has 4 N–H and O–H groups in total. The molecule has 0 radical (unpaired) electrons. The van der Waals surface area contributed by atoms with Gasteiger partial charge in [-0.25, -0.2) is 19.6 Å². The van der Waals surface area contributed by atoms with E-state index in [4.69, 9.17) is 9.84 Å². The number of methoxy groups -OCH3 is 1. The van der Waals surface area contributed by atoms with Gasteiger partial charge < -0.3 is 26.0 Å². The summed E-state index contributed by atoms with van der Waals surface area (Å²) in [4.78, 5) is 57.7. The molecular formula is C31H27N4NaO7S4. The maximum absolute atomic E-state index is 12.3. The van der Waals surface area contributed by atoms with E-state index in [-0.39, 0.29) is 57.7 Å². The molecule has 0 aliphatic carbocycles. The molecule has 11 nitrogen and oxygen atoms in total. The number of carbonyl (C=O) groups is 4. The Labute approximate surface area is 307 Å². The van der Waals surface area contributed by atoms with Crippen LogP contribution in [0.25, 0.3) is 20.2 Å². The number of hydrogen-bond acceptors (Lipinski definition) is 12. The van der Waals surface area contributed by atoms with Gasteiger partial charge in [-0.1, -0.05) is 0 Å². The number of thiazole rings is 2. The number of esters is 1. The van der Waals surface area contributed by atoms with E-state index >= 15 is 0 Å². The summed E-state index contributed by atoms with van der Waals surface area (Å²) in [6, 6.07) is 14.3. The van der Waals surface area contributed by atoms with Crippen LogP contribution in [0.3, 0.4) is 0 Å². The second kappa shape index (κ2) is 16.0. The molecule has 6 rings (SSSR count). The zero-order valence-corrected chi connectivity index (χ0v) is 31.3. The molecule has 0 aliphatic rings. The number of aromatic nitrogens is 2. The van der Waals surface area contributed by atoms with Crippen molar-refractivity contribution < 1.29 is 64.1 Å². The first kappa shape index (κ1) is 37.9. The number of amides is 2. The van der Waals surface area contributed by atoms with Crippen molar-refractivity contribution in [2.24, 2.45) is 0 Å². The number of hydrogen-bond donors (Lipinski definition) is 3. The van der Waals surface area contributed by atoms with Crippen LogP contribution in [0.5, 0.6) is 0 Å². The van der Waals surface area contributed by atoms with Crippen LogP contribution in [0.15, 0.2) is 48.5 Å². The Bertz CT molecular complexity index is 2120. The Balaban J connectivity index is 0.000000245. The van der Waals surface area contributed by atoms with E-state index in [0.717, 1.165) is 35.9 Å². The SMILES string of the molecule is COC(=O)c1cc2cc(NC(=O)c3sc(C)nc3C)ccc2s1.Cc1nc(C)c(C(=O)Nc2ccc3sc(C(=O)O)cc3c2)s1.[Na+].[OH-]. The van der Waals surface area contributed by atoms with Gasteiger partial charge in [-0.2, -0.15) is 0 Å². The molecule has 0 unspecified atom stereocenters. The average Bonchev–Trinajstić information content (AvgIpc) is 3.77. The number of aryl methyl sites for hydroxylation is 4. The van der Waals surface area contributed by atoms with Gasteiger partial charge in [0.1, 0.15) is 19.5 Å².